The summed E-state index contributed by atoms with van der Waals surface area (Å²) in [4.78, 5) is 2.21. The van der Waals surface area contributed by atoms with Crippen molar-refractivity contribution in [3.8, 4) is 0 Å². The second-order valence-electron chi connectivity index (χ2n) is 3.64. The minimum Gasteiger partial charge on any atom is -0.385 e. The van der Waals surface area contributed by atoms with Gasteiger partial charge in [0.2, 0.25) is 0 Å². The zero-order valence-electron chi connectivity index (χ0n) is 9.67. The first-order valence-electron chi connectivity index (χ1n) is 5.24. The normalized spacial score (nSPS) is 10.5. The Morgan fingerprint density at radius 3 is 2.81 bits per heavy atom. The third kappa shape index (κ3) is 3.65. The molecular formula is C12H17BrClNO. The molecule has 0 aromatic heterocycles. The maximum Gasteiger partial charge on any atom is 0.0479 e. The van der Waals surface area contributed by atoms with E-state index >= 15 is 0 Å². The number of alkyl halides is 1. The summed E-state index contributed by atoms with van der Waals surface area (Å²) in [6.07, 6.45) is 1.02. The fraction of sp³-hybridized carbons (Fsp3) is 0.500. The van der Waals surface area contributed by atoms with Gasteiger partial charge in [0.25, 0.3) is 0 Å². The molecule has 2 nitrogen and oxygen atoms in total. The van der Waals surface area contributed by atoms with Gasteiger partial charge in [-0.3, -0.25) is 0 Å². The molecule has 90 valence electrons. The van der Waals surface area contributed by atoms with Crippen LogP contribution in [0.5, 0.6) is 0 Å². The molecular weight excluding hydrogens is 289 g/mol. The summed E-state index contributed by atoms with van der Waals surface area (Å²) in [6.45, 7) is 1.75. The monoisotopic (exact) mass is 305 g/mol. The van der Waals surface area contributed by atoms with Gasteiger partial charge in [-0.15, -0.1) is 0 Å². The molecule has 0 aliphatic carbocycles. The van der Waals surface area contributed by atoms with Gasteiger partial charge in [-0.2, -0.15) is 0 Å². The molecule has 0 bridgehead atoms. The molecule has 0 spiro atoms. The van der Waals surface area contributed by atoms with Crippen LogP contribution in [0.2, 0.25) is 5.02 Å². The van der Waals surface area contributed by atoms with Gasteiger partial charge in [-0.1, -0.05) is 33.6 Å². The molecule has 0 atom stereocenters. The van der Waals surface area contributed by atoms with Crippen LogP contribution in [0.4, 0.5) is 5.69 Å². The topological polar surface area (TPSA) is 12.5 Å². The summed E-state index contributed by atoms with van der Waals surface area (Å²) >= 11 is 9.63. The van der Waals surface area contributed by atoms with Gasteiger partial charge >= 0.3 is 0 Å². The number of benzene rings is 1. The van der Waals surface area contributed by atoms with E-state index in [2.05, 4.69) is 33.9 Å². The van der Waals surface area contributed by atoms with E-state index < -0.39 is 0 Å². The summed E-state index contributed by atoms with van der Waals surface area (Å²) in [5, 5.41) is 1.59. The molecule has 16 heavy (non-hydrogen) atoms. The van der Waals surface area contributed by atoms with Gasteiger partial charge in [-0.25, -0.2) is 0 Å². The lowest BCUT2D eigenvalue weighted by Gasteiger charge is -2.22. The van der Waals surface area contributed by atoms with Gasteiger partial charge in [0.05, 0.1) is 0 Å². The van der Waals surface area contributed by atoms with Crippen molar-refractivity contribution in [2.24, 2.45) is 0 Å². The van der Waals surface area contributed by atoms with Crippen molar-refractivity contribution in [3.05, 3.63) is 28.8 Å². The van der Waals surface area contributed by atoms with Gasteiger partial charge in [0.15, 0.2) is 0 Å². The lowest BCUT2D eigenvalue weighted by Crippen LogP contribution is -2.20. The number of rotatable bonds is 6. The highest BCUT2D eigenvalue weighted by Gasteiger charge is 2.09. The second kappa shape index (κ2) is 7.15. The average Bonchev–Trinajstić information content (AvgIpc) is 2.29. The van der Waals surface area contributed by atoms with E-state index in [1.807, 2.05) is 12.1 Å². The highest BCUT2D eigenvalue weighted by molar-refractivity contribution is 9.08. The number of ether oxygens (including phenoxy) is 1. The van der Waals surface area contributed by atoms with E-state index in [9.17, 15) is 0 Å². The molecule has 0 unspecified atom stereocenters. The Hall–Kier alpha value is -0.250. The molecule has 1 aromatic carbocycles. The summed E-state index contributed by atoms with van der Waals surface area (Å²) in [5.74, 6) is 0. The van der Waals surface area contributed by atoms with Gasteiger partial charge in [-0.05, 0) is 18.6 Å². The highest BCUT2D eigenvalue weighted by Crippen LogP contribution is 2.28. The van der Waals surface area contributed by atoms with Gasteiger partial charge < -0.3 is 9.64 Å². The van der Waals surface area contributed by atoms with Crippen LogP contribution in [0.15, 0.2) is 18.2 Å². The number of halogens is 2. The maximum absolute atomic E-state index is 6.15. The molecule has 0 saturated carbocycles. The Labute approximate surface area is 111 Å². The quantitative estimate of drug-likeness (QED) is 0.587. The molecule has 0 aliphatic rings. The number of hydrogen-bond acceptors (Lipinski definition) is 2. The molecule has 0 radical (unpaired) electrons. The molecule has 1 aromatic rings. The summed E-state index contributed by atoms with van der Waals surface area (Å²) in [7, 11) is 3.80. The van der Waals surface area contributed by atoms with Crippen LogP contribution < -0.4 is 4.90 Å². The number of hydrogen-bond donors (Lipinski definition) is 0. The molecule has 0 fully saturated rings. The highest BCUT2D eigenvalue weighted by atomic mass is 79.9. The third-order valence-corrected chi connectivity index (χ3v) is 3.40. The van der Waals surface area contributed by atoms with Crippen LogP contribution in [0, 0.1) is 0 Å². The third-order valence-electron chi connectivity index (χ3n) is 2.48. The molecule has 0 heterocycles. The maximum atomic E-state index is 6.15. The van der Waals surface area contributed by atoms with Crippen molar-refractivity contribution in [1.29, 1.82) is 0 Å². The summed E-state index contributed by atoms with van der Waals surface area (Å²) < 4.78 is 5.05. The first-order chi connectivity index (χ1) is 7.70. The predicted molar refractivity (Wildman–Crippen MR) is 73.8 cm³/mol. The molecule has 0 saturated heterocycles. The van der Waals surface area contributed by atoms with Gasteiger partial charge in [0.1, 0.15) is 0 Å². The largest absolute Gasteiger partial charge is 0.385 e. The van der Waals surface area contributed by atoms with Crippen LogP contribution in [0.1, 0.15) is 12.0 Å². The Bertz CT molecular complexity index is 333. The van der Waals surface area contributed by atoms with Crippen molar-refractivity contribution in [2.45, 2.75) is 11.8 Å². The lowest BCUT2D eigenvalue weighted by atomic mass is 10.2. The lowest BCUT2D eigenvalue weighted by molar-refractivity contribution is 0.196. The van der Waals surface area contributed by atoms with Gasteiger partial charge in [0, 0.05) is 48.9 Å². The summed E-state index contributed by atoms with van der Waals surface area (Å²) in [5.41, 5.74) is 2.32. The molecule has 0 amide bonds. The number of methoxy groups -OCH3 is 1. The number of nitrogens with zero attached hydrogens (tertiary/aromatic N) is 1. The van der Waals surface area contributed by atoms with E-state index in [0.29, 0.717) is 0 Å². The minimum atomic E-state index is 0.774. The van der Waals surface area contributed by atoms with Crippen LogP contribution in [-0.2, 0) is 10.1 Å². The van der Waals surface area contributed by atoms with Crippen LogP contribution in [0.25, 0.3) is 0 Å². The predicted octanol–water partition coefficient (Wildman–Crippen LogP) is 3.71. The smallest absolute Gasteiger partial charge is 0.0479 e. The molecule has 1 rings (SSSR count). The Morgan fingerprint density at radius 1 is 1.44 bits per heavy atom. The summed E-state index contributed by atoms with van der Waals surface area (Å²) in [6, 6.07) is 6.00. The van der Waals surface area contributed by atoms with Crippen molar-refractivity contribution in [3.63, 3.8) is 0 Å². The fourth-order valence-electron chi connectivity index (χ4n) is 1.60. The molecule has 0 aliphatic heterocycles. The van der Waals surface area contributed by atoms with E-state index in [0.717, 1.165) is 35.5 Å². The van der Waals surface area contributed by atoms with Crippen LogP contribution in [0.3, 0.4) is 0 Å². The zero-order valence-corrected chi connectivity index (χ0v) is 12.0. The zero-order chi connectivity index (χ0) is 12.0. The Morgan fingerprint density at radius 2 is 2.19 bits per heavy atom. The van der Waals surface area contributed by atoms with Crippen LogP contribution >= 0.6 is 27.5 Å². The minimum absolute atomic E-state index is 0.774. The first-order valence-corrected chi connectivity index (χ1v) is 6.74. The van der Waals surface area contributed by atoms with Crippen LogP contribution in [-0.4, -0.2) is 27.3 Å². The average molecular weight is 307 g/mol. The standard InChI is InChI=1S/C12H17BrClNO/c1-15(7-4-8-16-2)12-6-3-5-11(14)10(12)9-13/h3,5-6H,4,7-9H2,1-2H3. The first kappa shape index (κ1) is 13.8. The molecule has 4 heteroatoms. The van der Waals surface area contributed by atoms with E-state index in [4.69, 9.17) is 16.3 Å². The van der Waals surface area contributed by atoms with E-state index in [-0.39, 0.29) is 0 Å². The second-order valence-corrected chi connectivity index (χ2v) is 4.61. The van der Waals surface area contributed by atoms with Crippen molar-refractivity contribution in [1.82, 2.24) is 0 Å². The number of anilines is 1. The van der Waals surface area contributed by atoms with Crippen molar-refractivity contribution in [2.75, 3.05) is 32.2 Å². The van der Waals surface area contributed by atoms with E-state index in [1.165, 1.54) is 5.69 Å². The Balaban J connectivity index is 2.74. The van der Waals surface area contributed by atoms with E-state index in [1.54, 1.807) is 7.11 Å². The SMILES string of the molecule is COCCCN(C)c1cccc(Cl)c1CBr. The molecule has 0 N–H and O–H groups in total. The Kier molecular flexibility index (Phi) is 6.17. The van der Waals surface area contributed by atoms with Crippen molar-refractivity contribution >= 4 is 33.2 Å². The van der Waals surface area contributed by atoms with Crippen molar-refractivity contribution < 1.29 is 4.74 Å². The fourth-order valence-corrected chi connectivity index (χ4v) is 2.59.